The summed E-state index contributed by atoms with van der Waals surface area (Å²) in [6.07, 6.45) is 39.3. The Morgan fingerprint density at radius 1 is 0.333 bits per heavy atom. The molecule has 1 nitrogen and oxygen atoms in total. The molecule has 0 heterocycles. The van der Waals surface area contributed by atoms with Crippen LogP contribution in [0.25, 0.3) is 0 Å². The van der Waals surface area contributed by atoms with E-state index in [0.29, 0.717) is 0 Å². The molecule has 0 amide bonds. The van der Waals surface area contributed by atoms with Gasteiger partial charge in [-0.3, -0.25) is 0 Å². The fraction of sp³-hybridized carbons (Fsp3) is 1.00. The highest BCUT2D eigenvalue weighted by atomic mass is 15.1. The topological polar surface area (TPSA) is 3.24 Å². The molecular formula is C32H67N. The lowest BCUT2D eigenvalue weighted by Gasteiger charge is -2.24. The van der Waals surface area contributed by atoms with E-state index in [1.54, 1.807) is 0 Å². The Morgan fingerprint density at radius 3 is 0.758 bits per heavy atom. The number of nitrogens with zero attached hydrogens (tertiary/aromatic N) is 1. The van der Waals surface area contributed by atoms with Crippen molar-refractivity contribution in [3.05, 3.63) is 0 Å². The van der Waals surface area contributed by atoms with Gasteiger partial charge in [-0.2, -0.15) is 0 Å². The summed E-state index contributed by atoms with van der Waals surface area (Å²) in [6, 6.07) is 0.820. The first-order chi connectivity index (χ1) is 16.2. The van der Waals surface area contributed by atoms with Crippen molar-refractivity contribution in [3.63, 3.8) is 0 Å². The summed E-state index contributed by atoms with van der Waals surface area (Å²) in [6.45, 7) is 4.61. The van der Waals surface area contributed by atoms with Crippen LogP contribution >= 0.6 is 0 Å². The van der Waals surface area contributed by atoms with E-state index in [2.05, 4.69) is 32.8 Å². The number of rotatable bonds is 28. The molecule has 0 radical (unpaired) electrons. The Bertz CT molecular complexity index is 337. The quantitative estimate of drug-likeness (QED) is 0.104. The van der Waals surface area contributed by atoms with Gasteiger partial charge in [-0.1, -0.05) is 174 Å². The van der Waals surface area contributed by atoms with Crippen LogP contribution in [0.4, 0.5) is 0 Å². The molecule has 0 rings (SSSR count). The third kappa shape index (κ3) is 26.4. The van der Waals surface area contributed by atoms with Gasteiger partial charge < -0.3 is 4.90 Å². The summed E-state index contributed by atoms with van der Waals surface area (Å²) < 4.78 is 0. The number of hydrogen-bond acceptors (Lipinski definition) is 1. The van der Waals surface area contributed by atoms with Crippen LogP contribution < -0.4 is 0 Å². The molecule has 0 aromatic rings. The maximum Gasteiger partial charge on any atom is 0.00891 e. The van der Waals surface area contributed by atoms with E-state index in [1.807, 2.05) is 0 Å². The largest absolute Gasteiger partial charge is 0.306 e. The van der Waals surface area contributed by atoms with Crippen molar-refractivity contribution in [1.82, 2.24) is 4.90 Å². The first-order valence-electron chi connectivity index (χ1n) is 15.9. The Balaban J connectivity index is 3.40. The van der Waals surface area contributed by atoms with Gasteiger partial charge in [0.2, 0.25) is 0 Å². The monoisotopic (exact) mass is 466 g/mol. The average Bonchev–Trinajstić information content (AvgIpc) is 2.81. The fourth-order valence-electron chi connectivity index (χ4n) is 5.28. The van der Waals surface area contributed by atoms with Gasteiger partial charge in [-0.05, 0) is 26.9 Å². The van der Waals surface area contributed by atoms with Crippen LogP contribution in [-0.2, 0) is 0 Å². The average molecular weight is 466 g/mol. The van der Waals surface area contributed by atoms with Crippen LogP contribution in [0.3, 0.4) is 0 Å². The van der Waals surface area contributed by atoms with Crippen molar-refractivity contribution in [2.45, 2.75) is 193 Å². The molecule has 0 aromatic carbocycles. The Morgan fingerprint density at radius 2 is 0.545 bits per heavy atom. The van der Waals surface area contributed by atoms with Crippen LogP contribution in [0.2, 0.25) is 0 Å². The summed E-state index contributed by atoms with van der Waals surface area (Å²) in [4.78, 5) is 2.50. The number of hydrogen-bond donors (Lipinski definition) is 0. The summed E-state index contributed by atoms with van der Waals surface area (Å²) in [7, 11) is 4.60. The third-order valence-electron chi connectivity index (χ3n) is 7.76. The summed E-state index contributed by atoms with van der Waals surface area (Å²) in [5.74, 6) is 0. The van der Waals surface area contributed by atoms with E-state index < -0.39 is 0 Å². The second-order valence-electron chi connectivity index (χ2n) is 11.3. The minimum atomic E-state index is 0.820. The molecule has 0 aliphatic rings. The van der Waals surface area contributed by atoms with Gasteiger partial charge in [0.05, 0.1) is 0 Å². The van der Waals surface area contributed by atoms with Crippen molar-refractivity contribution in [1.29, 1.82) is 0 Å². The van der Waals surface area contributed by atoms with E-state index in [9.17, 15) is 0 Å². The summed E-state index contributed by atoms with van der Waals surface area (Å²) in [5.41, 5.74) is 0. The van der Waals surface area contributed by atoms with Crippen LogP contribution in [-0.4, -0.2) is 25.0 Å². The molecule has 200 valence electrons. The highest BCUT2D eigenvalue weighted by molar-refractivity contribution is 4.67. The predicted octanol–water partition coefficient (Wildman–Crippen LogP) is 11.5. The van der Waals surface area contributed by atoms with Crippen molar-refractivity contribution in [2.24, 2.45) is 0 Å². The van der Waals surface area contributed by atoms with E-state index in [4.69, 9.17) is 0 Å². The molecule has 0 aliphatic carbocycles. The molecule has 0 bridgehead atoms. The molecule has 1 unspecified atom stereocenters. The normalized spacial score (nSPS) is 12.6. The zero-order valence-corrected chi connectivity index (χ0v) is 24.1. The van der Waals surface area contributed by atoms with E-state index in [-0.39, 0.29) is 0 Å². The van der Waals surface area contributed by atoms with Gasteiger partial charge in [-0.25, -0.2) is 0 Å². The van der Waals surface area contributed by atoms with Gasteiger partial charge in [0.1, 0.15) is 0 Å². The molecule has 0 fully saturated rings. The van der Waals surface area contributed by atoms with E-state index in [1.165, 1.54) is 173 Å². The predicted molar refractivity (Wildman–Crippen MR) is 153 cm³/mol. The first kappa shape index (κ1) is 33.0. The Kier molecular flexibility index (Phi) is 28.2. The van der Waals surface area contributed by atoms with Crippen LogP contribution in [0.1, 0.15) is 187 Å². The van der Waals surface area contributed by atoms with Crippen molar-refractivity contribution in [2.75, 3.05) is 14.1 Å². The van der Waals surface area contributed by atoms with Gasteiger partial charge >= 0.3 is 0 Å². The zero-order valence-electron chi connectivity index (χ0n) is 24.1. The molecule has 0 saturated heterocycles. The molecule has 33 heavy (non-hydrogen) atoms. The zero-order chi connectivity index (χ0) is 24.2. The fourth-order valence-corrected chi connectivity index (χ4v) is 5.28. The van der Waals surface area contributed by atoms with Gasteiger partial charge in [0.15, 0.2) is 0 Å². The molecule has 0 aromatic heterocycles. The van der Waals surface area contributed by atoms with Crippen LogP contribution in [0.15, 0.2) is 0 Å². The van der Waals surface area contributed by atoms with Crippen LogP contribution in [0, 0.1) is 0 Å². The Labute approximate surface area is 212 Å². The molecule has 0 N–H and O–H groups in total. The van der Waals surface area contributed by atoms with Crippen molar-refractivity contribution < 1.29 is 0 Å². The smallest absolute Gasteiger partial charge is 0.00891 e. The highest BCUT2D eigenvalue weighted by Gasteiger charge is 2.10. The molecule has 1 atom stereocenters. The van der Waals surface area contributed by atoms with Gasteiger partial charge in [0.25, 0.3) is 0 Å². The SMILES string of the molecule is CCCCCCCCCCCCCCCCC(CCCCCCCCCCCCC)N(C)C. The van der Waals surface area contributed by atoms with Crippen LogP contribution in [0.5, 0.6) is 0 Å². The van der Waals surface area contributed by atoms with Gasteiger partial charge in [-0.15, -0.1) is 0 Å². The maximum atomic E-state index is 2.50. The standard InChI is InChI=1S/C32H67N/c1-5-7-9-11-13-15-17-18-19-21-23-25-27-29-31-32(33(3)4)30-28-26-24-22-20-16-14-12-10-8-6-2/h32H,5-31H2,1-4H3. The third-order valence-corrected chi connectivity index (χ3v) is 7.76. The minimum absolute atomic E-state index is 0.820. The second kappa shape index (κ2) is 28.2. The molecule has 0 saturated carbocycles. The highest BCUT2D eigenvalue weighted by Crippen LogP contribution is 2.18. The lowest BCUT2D eigenvalue weighted by Crippen LogP contribution is -2.27. The molecular weight excluding hydrogens is 398 g/mol. The molecule has 0 spiro atoms. The van der Waals surface area contributed by atoms with Gasteiger partial charge in [0, 0.05) is 6.04 Å². The maximum absolute atomic E-state index is 2.50. The number of unbranched alkanes of at least 4 members (excludes halogenated alkanes) is 23. The van der Waals surface area contributed by atoms with E-state index in [0.717, 1.165) is 6.04 Å². The second-order valence-corrected chi connectivity index (χ2v) is 11.3. The Hall–Kier alpha value is -0.0400. The van der Waals surface area contributed by atoms with Crippen molar-refractivity contribution >= 4 is 0 Å². The molecule has 1 heteroatoms. The summed E-state index contributed by atoms with van der Waals surface area (Å²) >= 11 is 0. The minimum Gasteiger partial charge on any atom is -0.306 e. The molecule has 0 aliphatic heterocycles. The van der Waals surface area contributed by atoms with Crippen molar-refractivity contribution in [3.8, 4) is 0 Å². The van der Waals surface area contributed by atoms with E-state index >= 15 is 0 Å². The lowest BCUT2D eigenvalue weighted by molar-refractivity contribution is 0.251. The first-order valence-corrected chi connectivity index (χ1v) is 15.9. The lowest BCUT2D eigenvalue weighted by atomic mass is 9.99. The summed E-state index contributed by atoms with van der Waals surface area (Å²) in [5, 5.41) is 0.